The van der Waals surface area contributed by atoms with Crippen LogP contribution in [0.2, 0.25) is 0 Å². The molecule has 0 atom stereocenters. The Hall–Kier alpha value is -2.48. The second-order valence-corrected chi connectivity index (χ2v) is 6.81. The van der Waals surface area contributed by atoms with Crippen LogP contribution in [0.25, 0.3) is 11.0 Å². The van der Waals surface area contributed by atoms with Crippen molar-refractivity contribution in [2.45, 2.75) is 24.9 Å². The fraction of sp³-hybridized carbons (Fsp3) is 0.529. The monoisotopic (exact) mass is 342 g/mol. The number of nitrogens with zero attached hydrogens (tertiary/aromatic N) is 5. The molecule has 8 nitrogen and oxygen atoms in total. The summed E-state index contributed by atoms with van der Waals surface area (Å²) >= 11 is 0. The van der Waals surface area contributed by atoms with Crippen LogP contribution in [-0.2, 0) is 16.1 Å². The molecule has 2 amide bonds. The van der Waals surface area contributed by atoms with Gasteiger partial charge in [-0.25, -0.2) is 0 Å². The Kier molecular flexibility index (Phi) is 3.91. The molecule has 2 aliphatic rings. The fourth-order valence-electron chi connectivity index (χ4n) is 3.82. The van der Waals surface area contributed by atoms with Crippen LogP contribution in [0.1, 0.15) is 12.8 Å². The van der Waals surface area contributed by atoms with E-state index in [0.29, 0.717) is 32.5 Å². The van der Waals surface area contributed by atoms with Gasteiger partial charge in [0.25, 0.3) is 0 Å². The highest BCUT2D eigenvalue weighted by Crippen LogP contribution is 2.30. The number of benzene rings is 1. The molecule has 0 saturated carbocycles. The van der Waals surface area contributed by atoms with E-state index in [1.807, 2.05) is 36.2 Å². The molecule has 0 radical (unpaired) electrons. The lowest BCUT2D eigenvalue weighted by atomic mass is 9.83. The third kappa shape index (κ3) is 2.76. The maximum absolute atomic E-state index is 12.6. The highest BCUT2D eigenvalue weighted by Gasteiger charge is 2.46. The number of likely N-dealkylation sites (N-methyl/N-ethyl adjacent to an activating group) is 1. The van der Waals surface area contributed by atoms with Crippen molar-refractivity contribution in [3.63, 3.8) is 0 Å². The zero-order chi connectivity index (χ0) is 17.4. The molecule has 0 aliphatic carbocycles. The molecular formula is C17H22N6O2. The molecule has 2 saturated heterocycles. The summed E-state index contributed by atoms with van der Waals surface area (Å²) in [4.78, 5) is 30.4. The van der Waals surface area contributed by atoms with E-state index in [1.165, 1.54) is 4.80 Å². The third-order valence-electron chi connectivity index (χ3n) is 5.43. The van der Waals surface area contributed by atoms with Crippen LogP contribution >= 0.6 is 0 Å². The minimum Gasteiger partial charge on any atom is -0.353 e. The third-order valence-corrected chi connectivity index (χ3v) is 5.43. The van der Waals surface area contributed by atoms with Gasteiger partial charge in [-0.2, -0.15) is 15.0 Å². The number of carbonyl (C=O) groups is 2. The minimum absolute atomic E-state index is 0.00553. The Balaban J connectivity index is 1.42. The van der Waals surface area contributed by atoms with Crippen molar-refractivity contribution in [3.8, 4) is 0 Å². The zero-order valence-corrected chi connectivity index (χ0v) is 14.3. The van der Waals surface area contributed by atoms with Crippen molar-refractivity contribution < 1.29 is 9.59 Å². The number of nitrogens with one attached hydrogen (secondary N) is 1. The number of likely N-dealkylation sites (tertiary alicyclic amines) is 1. The lowest BCUT2D eigenvalue weighted by Gasteiger charge is -2.48. The number of hydrogen-bond donors (Lipinski definition) is 1. The smallest absolute Gasteiger partial charge is 0.246 e. The number of fused-ring (bicyclic) bond motifs is 1. The van der Waals surface area contributed by atoms with Crippen molar-refractivity contribution >= 4 is 22.8 Å². The summed E-state index contributed by atoms with van der Waals surface area (Å²) in [6.07, 6.45) is 1.32. The number of rotatable bonds is 2. The summed E-state index contributed by atoms with van der Waals surface area (Å²) in [5.74, 6) is 0.0855. The fourth-order valence-corrected chi connectivity index (χ4v) is 3.82. The Morgan fingerprint density at radius 2 is 1.80 bits per heavy atom. The molecule has 2 aliphatic heterocycles. The van der Waals surface area contributed by atoms with Gasteiger partial charge in [-0.1, -0.05) is 12.1 Å². The molecule has 0 bridgehead atoms. The van der Waals surface area contributed by atoms with Crippen molar-refractivity contribution in [1.82, 2.24) is 30.1 Å². The zero-order valence-electron chi connectivity index (χ0n) is 14.3. The van der Waals surface area contributed by atoms with Gasteiger partial charge in [0.1, 0.15) is 23.1 Å². The number of carbonyl (C=O) groups excluding carboxylic acids is 2. The van der Waals surface area contributed by atoms with E-state index in [1.54, 1.807) is 0 Å². The Morgan fingerprint density at radius 1 is 1.16 bits per heavy atom. The van der Waals surface area contributed by atoms with E-state index in [0.717, 1.165) is 17.6 Å². The molecule has 1 aromatic heterocycles. The molecule has 8 heteroatoms. The highest BCUT2D eigenvalue weighted by molar-refractivity contribution is 5.87. The average Bonchev–Trinajstić information content (AvgIpc) is 3.02. The number of hydrogen-bond acceptors (Lipinski definition) is 5. The molecule has 1 spiro atoms. The standard InChI is InChI=1S/C17H22N6O2/c1-21-11-8-18-16(25)17(21)6-9-22(10-7-17)15(24)12-23-19-13-4-2-3-5-14(13)20-23/h2-5H,6-12H2,1H3,(H,18,25). The summed E-state index contributed by atoms with van der Waals surface area (Å²) in [6, 6.07) is 7.56. The van der Waals surface area contributed by atoms with Crippen LogP contribution in [0.15, 0.2) is 24.3 Å². The molecule has 2 fully saturated rings. The maximum atomic E-state index is 12.6. The first-order valence-corrected chi connectivity index (χ1v) is 8.66. The first-order valence-electron chi connectivity index (χ1n) is 8.66. The van der Waals surface area contributed by atoms with Gasteiger partial charge in [-0.05, 0) is 32.0 Å². The van der Waals surface area contributed by atoms with Gasteiger partial charge in [-0.3, -0.25) is 14.5 Å². The normalized spacial score (nSPS) is 20.8. The molecule has 25 heavy (non-hydrogen) atoms. The Labute approximate surface area is 145 Å². The lowest BCUT2D eigenvalue weighted by molar-refractivity contribution is -0.145. The van der Waals surface area contributed by atoms with E-state index >= 15 is 0 Å². The molecule has 1 N–H and O–H groups in total. The van der Waals surface area contributed by atoms with Crippen LogP contribution in [0, 0.1) is 0 Å². The first-order chi connectivity index (χ1) is 12.1. The summed E-state index contributed by atoms with van der Waals surface area (Å²) in [7, 11) is 2.00. The largest absolute Gasteiger partial charge is 0.353 e. The van der Waals surface area contributed by atoms with Crippen molar-refractivity contribution in [1.29, 1.82) is 0 Å². The lowest BCUT2D eigenvalue weighted by Crippen LogP contribution is -2.67. The molecule has 1 aromatic carbocycles. The van der Waals surface area contributed by atoms with Gasteiger partial charge in [0, 0.05) is 26.2 Å². The molecule has 132 valence electrons. The second kappa shape index (κ2) is 6.11. The van der Waals surface area contributed by atoms with Crippen molar-refractivity contribution in [2.24, 2.45) is 0 Å². The molecule has 0 unspecified atom stereocenters. The Bertz CT molecular complexity index is 775. The van der Waals surface area contributed by atoms with E-state index < -0.39 is 5.54 Å². The van der Waals surface area contributed by atoms with E-state index in [9.17, 15) is 9.59 Å². The molecule has 4 rings (SSSR count). The summed E-state index contributed by atoms with van der Waals surface area (Å²) < 4.78 is 0. The van der Waals surface area contributed by atoms with Crippen LogP contribution in [0.3, 0.4) is 0 Å². The summed E-state index contributed by atoms with van der Waals surface area (Å²) in [5, 5.41) is 11.6. The first kappa shape index (κ1) is 16.0. The molecule has 3 heterocycles. The highest BCUT2D eigenvalue weighted by atomic mass is 16.2. The van der Waals surface area contributed by atoms with E-state index in [2.05, 4.69) is 20.4 Å². The van der Waals surface area contributed by atoms with Crippen LogP contribution < -0.4 is 5.32 Å². The number of piperidine rings is 1. The van der Waals surface area contributed by atoms with Crippen molar-refractivity contribution in [3.05, 3.63) is 24.3 Å². The maximum Gasteiger partial charge on any atom is 0.246 e. The number of amides is 2. The minimum atomic E-state index is -0.465. The average molecular weight is 342 g/mol. The van der Waals surface area contributed by atoms with Crippen molar-refractivity contribution in [2.75, 3.05) is 33.2 Å². The summed E-state index contributed by atoms with van der Waals surface area (Å²) in [6.45, 7) is 2.83. The quantitative estimate of drug-likeness (QED) is 0.821. The predicted octanol–water partition coefficient (Wildman–Crippen LogP) is -0.146. The van der Waals surface area contributed by atoms with Gasteiger partial charge < -0.3 is 10.2 Å². The second-order valence-electron chi connectivity index (χ2n) is 6.81. The van der Waals surface area contributed by atoms with Crippen LogP contribution in [-0.4, -0.2) is 75.4 Å². The van der Waals surface area contributed by atoms with Gasteiger partial charge in [0.15, 0.2) is 0 Å². The number of aromatic nitrogens is 3. The topological polar surface area (TPSA) is 83.4 Å². The van der Waals surface area contributed by atoms with Gasteiger partial charge in [0.2, 0.25) is 11.8 Å². The van der Waals surface area contributed by atoms with Gasteiger partial charge >= 0.3 is 0 Å². The Morgan fingerprint density at radius 3 is 2.40 bits per heavy atom. The predicted molar refractivity (Wildman–Crippen MR) is 91.7 cm³/mol. The van der Waals surface area contributed by atoms with Crippen LogP contribution in [0.4, 0.5) is 0 Å². The SMILES string of the molecule is CN1CCNC(=O)C12CCN(C(=O)Cn1nc3ccccc3n1)CC2. The summed E-state index contributed by atoms with van der Waals surface area (Å²) in [5.41, 5.74) is 1.11. The molecular weight excluding hydrogens is 320 g/mol. The molecule has 2 aromatic rings. The van der Waals surface area contributed by atoms with Crippen LogP contribution in [0.5, 0.6) is 0 Å². The van der Waals surface area contributed by atoms with Gasteiger partial charge in [0.05, 0.1) is 0 Å². The van der Waals surface area contributed by atoms with E-state index in [-0.39, 0.29) is 18.4 Å². The van der Waals surface area contributed by atoms with E-state index in [4.69, 9.17) is 0 Å². The number of piperazine rings is 1. The van der Waals surface area contributed by atoms with Gasteiger partial charge in [-0.15, -0.1) is 0 Å².